The monoisotopic (exact) mass is 730 g/mol. The molecule has 0 atom stereocenters. The Labute approximate surface area is 325 Å². The molecule has 6 nitrogen and oxygen atoms in total. The molecule has 0 spiro atoms. The fourth-order valence-electron chi connectivity index (χ4n) is 8.36. The van der Waals surface area contributed by atoms with Crippen molar-refractivity contribution in [3.63, 3.8) is 0 Å². The Morgan fingerprint density at radius 3 is 1.74 bits per heavy atom. The van der Waals surface area contributed by atoms with Crippen molar-refractivity contribution >= 4 is 65.7 Å². The Balaban J connectivity index is 1.03. The van der Waals surface area contributed by atoms with Gasteiger partial charge >= 0.3 is 0 Å². The Kier molecular flexibility index (Phi) is 6.83. The highest BCUT2D eigenvalue weighted by Gasteiger charge is 2.19. The molecule has 12 aromatic rings. The molecule has 0 aliphatic rings. The molecule has 6 heteroatoms. The van der Waals surface area contributed by atoms with Crippen LogP contribution < -0.4 is 0 Å². The third-order valence-electron chi connectivity index (χ3n) is 11.1. The van der Waals surface area contributed by atoms with Crippen LogP contribution in [-0.4, -0.2) is 19.5 Å². The van der Waals surface area contributed by atoms with Gasteiger partial charge in [0.05, 0.1) is 16.6 Å². The fraction of sp³-hybridized carbons (Fsp3) is 0. The van der Waals surface area contributed by atoms with E-state index in [4.69, 9.17) is 23.8 Å². The van der Waals surface area contributed by atoms with E-state index in [1.165, 1.54) is 21.9 Å². The van der Waals surface area contributed by atoms with E-state index in [2.05, 4.69) is 132 Å². The van der Waals surface area contributed by atoms with Gasteiger partial charge in [0.25, 0.3) is 0 Å². The average Bonchev–Trinajstić information content (AvgIpc) is 3.96. The zero-order chi connectivity index (χ0) is 37.5. The smallest absolute Gasteiger partial charge is 0.167 e. The van der Waals surface area contributed by atoms with Crippen LogP contribution in [0.4, 0.5) is 0 Å². The summed E-state index contributed by atoms with van der Waals surface area (Å²) in [4.78, 5) is 15.4. The normalized spacial score (nSPS) is 11.9. The first kappa shape index (κ1) is 31.5. The summed E-state index contributed by atoms with van der Waals surface area (Å²) < 4.78 is 15.1. The van der Waals surface area contributed by atoms with Gasteiger partial charge in [-0.3, -0.25) is 0 Å². The van der Waals surface area contributed by atoms with Crippen LogP contribution in [0.15, 0.2) is 191 Å². The Hall–Kier alpha value is -7.83. The van der Waals surface area contributed by atoms with E-state index < -0.39 is 0 Å². The lowest BCUT2D eigenvalue weighted by Gasteiger charge is -2.11. The standard InChI is InChI=1S/C51H30N4O2/c1-2-11-31(12-3-1)33-23-27-37-36-13-4-7-18-43(36)55(44(37)29-33)35-25-21-32(22-26-35)49-52-50(34-24-28-40-38-14-5-8-19-45(38)56-47(40)30-34)54-51(53-49)42-17-10-16-41-39-15-6-9-20-46(39)57-48(41)42/h1-30H. The van der Waals surface area contributed by atoms with E-state index in [9.17, 15) is 0 Å². The summed E-state index contributed by atoms with van der Waals surface area (Å²) >= 11 is 0. The van der Waals surface area contributed by atoms with Crippen molar-refractivity contribution in [2.24, 2.45) is 0 Å². The summed E-state index contributed by atoms with van der Waals surface area (Å²) in [6, 6.07) is 62.9. The summed E-state index contributed by atoms with van der Waals surface area (Å²) in [6.07, 6.45) is 0. The van der Waals surface area contributed by atoms with Gasteiger partial charge in [-0.05, 0) is 77.9 Å². The lowest BCUT2D eigenvalue weighted by molar-refractivity contribution is 0.668. The first-order valence-corrected chi connectivity index (χ1v) is 19.0. The minimum atomic E-state index is 0.532. The lowest BCUT2D eigenvalue weighted by Crippen LogP contribution is -2.01. The van der Waals surface area contributed by atoms with Crippen molar-refractivity contribution in [3.8, 4) is 51.0 Å². The molecule has 0 N–H and O–H groups in total. The van der Waals surface area contributed by atoms with Crippen molar-refractivity contribution in [1.29, 1.82) is 0 Å². The maximum Gasteiger partial charge on any atom is 0.167 e. The second kappa shape index (κ2) is 12.3. The van der Waals surface area contributed by atoms with E-state index in [1.54, 1.807) is 0 Å². The van der Waals surface area contributed by atoms with Crippen molar-refractivity contribution in [3.05, 3.63) is 182 Å². The molecule has 0 radical (unpaired) electrons. The summed E-state index contributed by atoms with van der Waals surface area (Å²) in [6.45, 7) is 0. The van der Waals surface area contributed by atoms with E-state index in [-0.39, 0.29) is 0 Å². The molecule has 0 amide bonds. The van der Waals surface area contributed by atoms with E-state index in [0.717, 1.165) is 77.3 Å². The van der Waals surface area contributed by atoms with Gasteiger partial charge in [0.15, 0.2) is 17.5 Å². The number of nitrogens with zero attached hydrogens (tertiary/aromatic N) is 4. The van der Waals surface area contributed by atoms with Gasteiger partial charge in [-0.15, -0.1) is 0 Å². The van der Waals surface area contributed by atoms with Gasteiger partial charge in [-0.2, -0.15) is 0 Å². The number of benzene rings is 8. The van der Waals surface area contributed by atoms with E-state index >= 15 is 0 Å². The minimum Gasteiger partial charge on any atom is -0.456 e. The molecule has 0 aliphatic carbocycles. The summed E-state index contributed by atoms with van der Waals surface area (Å²) in [7, 11) is 0. The topological polar surface area (TPSA) is 69.9 Å². The van der Waals surface area contributed by atoms with Crippen LogP contribution >= 0.6 is 0 Å². The van der Waals surface area contributed by atoms with Gasteiger partial charge < -0.3 is 13.4 Å². The van der Waals surface area contributed by atoms with Crippen LogP contribution in [0.1, 0.15) is 0 Å². The molecule has 0 saturated carbocycles. The molecule has 12 rings (SSSR count). The van der Waals surface area contributed by atoms with E-state index in [0.29, 0.717) is 17.5 Å². The predicted octanol–water partition coefficient (Wildman–Crippen LogP) is 13.4. The number of rotatable bonds is 5. The maximum absolute atomic E-state index is 6.47. The maximum atomic E-state index is 6.47. The van der Waals surface area contributed by atoms with Gasteiger partial charge in [0, 0.05) is 49.1 Å². The Morgan fingerprint density at radius 1 is 0.333 bits per heavy atom. The van der Waals surface area contributed by atoms with Crippen molar-refractivity contribution in [2.75, 3.05) is 0 Å². The number of fused-ring (bicyclic) bond motifs is 9. The molecule has 266 valence electrons. The Morgan fingerprint density at radius 2 is 0.912 bits per heavy atom. The third-order valence-corrected chi connectivity index (χ3v) is 11.1. The van der Waals surface area contributed by atoms with Crippen molar-refractivity contribution in [1.82, 2.24) is 19.5 Å². The predicted molar refractivity (Wildman–Crippen MR) is 230 cm³/mol. The SMILES string of the molecule is c1ccc(-c2ccc3c4ccccc4n(-c4ccc(-c5nc(-c6ccc7c(c6)oc6ccccc67)nc(-c6cccc7c6oc6ccccc67)n5)cc4)c3c2)cc1. The third kappa shape index (κ3) is 5.01. The number of aromatic nitrogens is 4. The second-order valence-corrected chi connectivity index (χ2v) is 14.4. The molecule has 0 aliphatic heterocycles. The highest BCUT2D eigenvalue weighted by Crippen LogP contribution is 2.38. The largest absolute Gasteiger partial charge is 0.456 e. The van der Waals surface area contributed by atoms with Crippen molar-refractivity contribution in [2.45, 2.75) is 0 Å². The van der Waals surface area contributed by atoms with Crippen LogP contribution in [0, 0.1) is 0 Å². The minimum absolute atomic E-state index is 0.532. The first-order valence-electron chi connectivity index (χ1n) is 19.0. The summed E-state index contributed by atoms with van der Waals surface area (Å²) in [5, 5.41) is 6.61. The number of hydrogen-bond acceptors (Lipinski definition) is 5. The quantitative estimate of drug-likeness (QED) is 0.176. The van der Waals surface area contributed by atoms with E-state index in [1.807, 2.05) is 54.6 Å². The first-order chi connectivity index (χ1) is 28.2. The molecule has 0 saturated heterocycles. The molecule has 0 unspecified atom stereocenters. The highest BCUT2D eigenvalue weighted by atomic mass is 16.3. The number of para-hydroxylation sites is 4. The van der Waals surface area contributed by atoms with Crippen LogP contribution in [-0.2, 0) is 0 Å². The molecule has 0 fully saturated rings. The van der Waals surface area contributed by atoms with Crippen LogP contribution in [0.2, 0.25) is 0 Å². The van der Waals surface area contributed by atoms with Crippen LogP contribution in [0.5, 0.6) is 0 Å². The molecule has 57 heavy (non-hydrogen) atoms. The zero-order valence-corrected chi connectivity index (χ0v) is 30.4. The van der Waals surface area contributed by atoms with Gasteiger partial charge in [0.1, 0.15) is 22.3 Å². The summed E-state index contributed by atoms with van der Waals surface area (Å²) in [5.74, 6) is 1.64. The molecule has 4 heterocycles. The average molecular weight is 731 g/mol. The molecule has 4 aromatic heterocycles. The summed E-state index contributed by atoms with van der Waals surface area (Å²) in [5.41, 5.74) is 11.4. The zero-order valence-electron chi connectivity index (χ0n) is 30.4. The van der Waals surface area contributed by atoms with Gasteiger partial charge in [0.2, 0.25) is 0 Å². The number of hydrogen-bond donors (Lipinski definition) is 0. The molecular weight excluding hydrogens is 701 g/mol. The highest BCUT2D eigenvalue weighted by molar-refractivity contribution is 6.11. The van der Waals surface area contributed by atoms with Crippen molar-refractivity contribution < 1.29 is 8.83 Å². The molecular formula is C51H30N4O2. The number of furan rings is 2. The van der Waals surface area contributed by atoms with Crippen LogP contribution in [0.25, 0.3) is 117 Å². The van der Waals surface area contributed by atoms with Gasteiger partial charge in [-0.1, -0.05) is 115 Å². The lowest BCUT2D eigenvalue weighted by atomic mass is 10.0. The Bertz CT molecular complexity index is 3520. The molecule has 8 aromatic carbocycles. The molecule has 0 bridgehead atoms. The fourth-order valence-corrected chi connectivity index (χ4v) is 8.36. The van der Waals surface area contributed by atoms with Crippen LogP contribution in [0.3, 0.4) is 0 Å². The second-order valence-electron chi connectivity index (χ2n) is 14.4. The van der Waals surface area contributed by atoms with Gasteiger partial charge in [-0.25, -0.2) is 15.0 Å².